The minimum Gasteiger partial charge on any atom is -0.332 e. The molecular formula is C18H22F3N3. The Morgan fingerprint density at radius 3 is 2.33 bits per heavy atom. The van der Waals surface area contributed by atoms with Gasteiger partial charge in [-0.1, -0.05) is 0 Å². The van der Waals surface area contributed by atoms with E-state index in [0.717, 1.165) is 43.9 Å². The topological polar surface area (TPSA) is 21.1 Å². The molecule has 0 saturated carbocycles. The fourth-order valence-electron chi connectivity index (χ4n) is 3.38. The van der Waals surface area contributed by atoms with Crippen molar-refractivity contribution < 1.29 is 13.2 Å². The third-order valence-electron chi connectivity index (χ3n) is 4.66. The Hall–Kier alpha value is -1.82. The van der Waals surface area contributed by atoms with Gasteiger partial charge in [-0.3, -0.25) is 4.90 Å². The highest BCUT2D eigenvalue weighted by Crippen LogP contribution is 2.29. The lowest BCUT2D eigenvalue weighted by atomic mass is 9.95. The van der Waals surface area contributed by atoms with E-state index in [2.05, 4.69) is 28.3 Å². The lowest BCUT2D eigenvalue weighted by Crippen LogP contribution is -2.33. The summed E-state index contributed by atoms with van der Waals surface area (Å²) in [4.78, 5) is 6.65. The van der Waals surface area contributed by atoms with Crippen molar-refractivity contribution in [2.45, 2.75) is 45.2 Å². The Morgan fingerprint density at radius 1 is 1.12 bits per heavy atom. The van der Waals surface area contributed by atoms with E-state index >= 15 is 0 Å². The van der Waals surface area contributed by atoms with Crippen molar-refractivity contribution in [2.75, 3.05) is 13.1 Å². The van der Waals surface area contributed by atoms with Gasteiger partial charge in [-0.15, -0.1) is 0 Å². The zero-order valence-electron chi connectivity index (χ0n) is 14.0. The largest absolute Gasteiger partial charge is 0.332 e. The monoisotopic (exact) mass is 337 g/mol. The van der Waals surface area contributed by atoms with E-state index in [1.54, 1.807) is 0 Å². The van der Waals surface area contributed by atoms with E-state index in [0.29, 0.717) is 24.1 Å². The molecule has 1 aliphatic heterocycles. The number of nitrogens with zero attached hydrogens (tertiary/aromatic N) is 3. The molecule has 0 radical (unpaired) electrons. The summed E-state index contributed by atoms with van der Waals surface area (Å²) in [7, 11) is 0. The van der Waals surface area contributed by atoms with Crippen LogP contribution in [0.3, 0.4) is 0 Å². The predicted octanol–water partition coefficient (Wildman–Crippen LogP) is 4.26. The number of imidazole rings is 1. The molecule has 24 heavy (non-hydrogen) atoms. The summed E-state index contributed by atoms with van der Waals surface area (Å²) in [6, 6.07) is 2.54. The van der Waals surface area contributed by atoms with Gasteiger partial charge >= 0.3 is 0 Å². The van der Waals surface area contributed by atoms with E-state index in [1.807, 2.05) is 12.4 Å². The second-order valence-corrected chi connectivity index (χ2v) is 6.71. The van der Waals surface area contributed by atoms with E-state index in [4.69, 9.17) is 0 Å². The highest BCUT2D eigenvalue weighted by molar-refractivity contribution is 5.19. The van der Waals surface area contributed by atoms with Crippen LogP contribution in [0.15, 0.2) is 24.5 Å². The van der Waals surface area contributed by atoms with Crippen LogP contribution in [0.5, 0.6) is 0 Å². The van der Waals surface area contributed by atoms with Crippen molar-refractivity contribution in [1.29, 1.82) is 0 Å². The number of piperidine rings is 1. The van der Waals surface area contributed by atoms with E-state index in [9.17, 15) is 13.2 Å². The van der Waals surface area contributed by atoms with Gasteiger partial charge in [0.1, 0.15) is 5.82 Å². The minimum absolute atomic E-state index is 0.380. The van der Waals surface area contributed by atoms with Gasteiger partial charge < -0.3 is 4.57 Å². The molecule has 130 valence electrons. The maximum absolute atomic E-state index is 13.3. The Morgan fingerprint density at radius 2 is 1.75 bits per heavy atom. The molecule has 1 saturated heterocycles. The van der Waals surface area contributed by atoms with Crippen LogP contribution in [0.2, 0.25) is 0 Å². The van der Waals surface area contributed by atoms with E-state index < -0.39 is 17.5 Å². The van der Waals surface area contributed by atoms with E-state index in [-0.39, 0.29) is 0 Å². The standard InChI is InChI=1S/C18H22F3N3/c1-12(2)24-8-5-22-18(24)14-3-6-23(7-4-14)11-13-9-15(19)17(21)16(20)10-13/h5,8-10,12,14H,3-4,6-7,11H2,1-2H3. The Labute approximate surface area is 140 Å². The van der Waals surface area contributed by atoms with Crippen molar-refractivity contribution in [2.24, 2.45) is 0 Å². The second kappa shape index (κ2) is 6.97. The first-order valence-electron chi connectivity index (χ1n) is 8.34. The number of rotatable bonds is 4. The summed E-state index contributed by atoms with van der Waals surface area (Å²) in [5.74, 6) is -2.14. The maximum atomic E-state index is 13.3. The van der Waals surface area contributed by atoms with Crippen LogP contribution in [0, 0.1) is 17.5 Å². The molecule has 6 heteroatoms. The van der Waals surface area contributed by atoms with Crippen LogP contribution in [0.25, 0.3) is 0 Å². The van der Waals surface area contributed by atoms with Crippen LogP contribution in [0.1, 0.15) is 50.0 Å². The first kappa shape index (κ1) is 17.0. The molecule has 3 nitrogen and oxygen atoms in total. The summed E-state index contributed by atoms with van der Waals surface area (Å²) >= 11 is 0. The van der Waals surface area contributed by atoms with Gasteiger partial charge in [-0.25, -0.2) is 18.2 Å². The predicted molar refractivity (Wildman–Crippen MR) is 86.2 cm³/mol. The zero-order chi connectivity index (χ0) is 17.3. The van der Waals surface area contributed by atoms with Crippen LogP contribution in [0.4, 0.5) is 13.2 Å². The summed E-state index contributed by atoms with van der Waals surface area (Å²) < 4.78 is 41.9. The van der Waals surface area contributed by atoms with Gasteiger partial charge in [-0.2, -0.15) is 0 Å². The summed E-state index contributed by atoms with van der Waals surface area (Å²) in [5, 5.41) is 0. The quantitative estimate of drug-likeness (QED) is 0.777. The fourth-order valence-corrected chi connectivity index (χ4v) is 3.38. The minimum atomic E-state index is -1.40. The third kappa shape index (κ3) is 3.48. The molecule has 1 aromatic heterocycles. The van der Waals surface area contributed by atoms with Crippen LogP contribution < -0.4 is 0 Å². The molecule has 0 amide bonds. The van der Waals surface area contributed by atoms with Gasteiger partial charge in [0.2, 0.25) is 0 Å². The number of hydrogen-bond acceptors (Lipinski definition) is 2. The van der Waals surface area contributed by atoms with Gasteiger partial charge in [-0.05, 0) is 57.5 Å². The molecule has 0 spiro atoms. The lowest BCUT2D eigenvalue weighted by molar-refractivity contribution is 0.199. The molecule has 0 N–H and O–H groups in total. The van der Waals surface area contributed by atoms with Crippen molar-refractivity contribution in [3.8, 4) is 0 Å². The lowest BCUT2D eigenvalue weighted by Gasteiger charge is -2.32. The smallest absolute Gasteiger partial charge is 0.194 e. The highest BCUT2D eigenvalue weighted by Gasteiger charge is 2.25. The first-order chi connectivity index (χ1) is 11.5. The van der Waals surface area contributed by atoms with Crippen molar-refractivity contribution in [3.05, 3.63) is 53.4 Å². The summed E-state index contributed by atoms with van der Waals surface area (Å²) in [6.45, 7) is 6.36. The number of halogens is 3. The SMILES string of the molecule is CC(C)n1ccnc1C1CCN(Cc2cc(F)c(F)c(F)c2)CC1. The molecule has 3 rings (SSSR count). The molecule has 0 bridgehead atoms. The molecule has 2 heterocycles. The van der Waals surface area contributed by atoms with Crippen LogP contribution >= 0.6 is 0 Å². The molecule has 0 unspecified atom stereocenters. The van der Waals surface area contributed by atoms with Gasteiger partial charge in [0.25, 0.3) is 0 Å². The molecular weight excluding hydrogens is 315 g/mol. The number of hydrogen-bond donors (Lipinski definition) is 0. The third-order valence-corrected chi connectivity index (χ3v) is 4.66. The Kier molecular flexibility index (Phi) is 4.94. The van der Waals surface area contributed by atoms with Crippen molar-refractivity contribution in [1.82, 2.24) is 14.5 Å². The molecule has 1 aromatic carbocycles. The molecule has 2 aromatic rings. The Bertz CT molecular complexity index is 680. The van der Waals surface area contributed by atoms with Crippen LogP contribution in [-0.2, 0) is 6.54 Å². The molecule has 0 aliphatic carbocycles. The summed E-state index contributed by atoms with van der Waals surface area (Å²) in [5.41, 5.74) is 0.466. The molecule has 1 fully saturated rings. The first-order valence-corrected chi connectivity index (χ1v) is 8.34. The van der Waals surface area contributed by atoms with Crippen molar-refractivity contribution >= 4 is 0 Å². The normalized spacial score (nSPS) is 16.9. The number of aromatic nitrogens is 2. The van der Waals surface area contributed by atoms with Gasteiger partial charge in [0.15, 0.2) is 17.5 Å². The average molecular weight is 337 g/mol. The number of likely N-dealkylation sites (tertiary alicyclic amines) is 1. The number of benzene rings is 1. The second-order valence-electron chi connectivity index (χ2n) is 6.71. The fraction of sp³-hybridized carbons (Fsp3) is 0.500. The highest BCUT2D eigenvalue weighted by atomic mass is 19.2. The molecule has 1 aliphatic rings. The summed E-state index contributed by atoms with van der Waals surface area (Å²) in [6.07, 6.45) is 5.76. The van der Waals surface area contributed by atoms with Gasteiger partial charge in [0.05, 0.1) is 0 Å². The Balaban J connectivity index is 1.62. The average Bonchev–Trinajstić information content (AvgIpc) is 3.03. The van der Waals surface area contributed by atoms with Crippen LogP contribution in [-0.4, -0.2) is 27.5 Å². The zero-order valence-corrected chi connectivity index (χ0v) is 14.0. The maximum Gasteiger partial charge on any atom is 0.194 e. The van der Waals surface area contributed by atoms with E-state index in [1.165, 1.54) is 0 Å². The van der Waals surface area contributed by atoms with Gasteiger partial charge in [0, 0.05) is 30.9 Å². The molecule has 0 atom stereocenters. The van der Waals surface area contributed by atoms with Crippen molar-refractivity contribution in [3.63, 3.8) is 0 Å².